The van der Waals surface area contributed by atoms with Gasteiger partial charge in [-0.05, 0) is 32.0 Å². The Morgan fingerprint density at radius 2 is 1.95 bits per heavy atom. The molecule has 3 nitrogen and oxygen atoms in total. The first-order chi connectivity index (χ1) is 8.81. The molecule has 6 heteroatoms. The van der Waals surface area contributed by atoms with Gasteiger partial charge in [-0.2, -0.15) is 13.2 Å². The molecule has 1 rings (SSSR count). The molecule has 0 aromatic heterocycles. The summed E-state index contributed by atoms with van der Waals surface area (Å²) < 4.78 is 38.2. The van der Waals surface area contributed by atoms with Crippen LogP contribution in [0.5, 0.6) is 0 Å². The second-order valence-electron chi connectivity index (χ2n) is 4.02. The van der Waals surface area contributed by atoms with E-state index in [1.54, 1.807) is 6.92 Å². The zero-order valence-electron chi connectivity index (χ0n) is 11.1. The fourth-order valence-electron chi connectivity index (χ4n) is 1.83. The molecule has 0 fully saturated rings. The largest absolute Gasteiger partial charge is 0.416 e. The molecule has 0 unspecified atom stereocenters. The molecule has 0 aliphatic carbocycles. The number of carbonyl (C=O) groups is 1. The second-order valence-corrected chi connectivity index (χ2v) is 4.02. The minimum absolute atomic E-state index is 0.256. The molecule has 106 valence electrons. The summed E-state index contributed by atoms with van der Waals surface area (Å²) in [6.45, 7) is 5.77. The van der Waals surface area contributed by atoms with Gasteiger partial charge >= 0.3 is 6.18 Å². The summed E-state index contributed by atoms with van der Waals surface area (Å²) in [6, 6.07) is 3.37. The van der Waals surface area contributed by atoms with E-state index >= 15 is 0 Å². The van der Waals surface area contributed by atoms with Crippen molar-refractivity contribution >= 4 is 17.3 Å². The molecule has 19 heavy (non-hydrogen) atoms. The Morgan fingerprint density at radius 1 is 1.32 bits per heavy atom. The van der Waals surface area contributed by atoms with Crippen molar-refractivity contribution in [3.8, 4) is 0 Å². The van der Waals surface area contributed by atoms with E-state index < -0.39 is 11.7 Å². The van der Waals surface area contributed by atoms with Crippen LogP contribution in [0.15, 0.2) is 18.2 Å². The molecule has 0 saturated heterocycles. The maximum atomic E-state index is 12.7. The number of nitrogens with one attached hydrogen (secondary N) is 1. The van der Waals surface area contributed by atoms with E-state index in [1.165, 1.54) is 17.9 Å². The molecule has 0 heterocycles. The van der Waals surface area contributed by atoms with E-state index in [-0.39, 0.29) is 11.6 Å². The molecule has 1 amide bonds. The van der Waals surface area contributed by atoms with E-state index in [2.05, 4.69) is 5.32 Å². The molecule has 0 atom stereocenters. The van der Waals surface area contributed by atoms with Gasteiger partial charge < -0.3 is 10.2 Å². The highest BCUT2D eigenvalue weighted by Crippen LogP contribution is 2.35. The van der Waals surface area contributed by atoms with Crippen molar-refractivity contribution in [2.24, 2.45) is 0 Å². The van der Waals surface area contributed by atoms with Crippen LogP contribution in [-0.4, -0.2) is 19.0 Å². The number of anilines is 2. The highest BCUT2D eigenvalue weighted by Gasteiger charge is 2.31. The molecule has 0 spiro atoms. The number of alkyl halides is 3. The predicted molar refractivity (Wildman–Crippen MR) is 69.3 cm³/mol. The van der Waals surface area contributed by atoms with Gasteiger partial charge in [-0.3, -0.25) is 4.79 Å². The van der Waals surface area contributed by atoms with Crippen LogP contribution in [0.1, 0.15) is 26.3 Å². The lowest BCUT2D eigenvalue weighted by atomic mass is 10.1. The van der Waals surface area contributed by atoms with Crippen molar-refractivity contribution in [3.63, 3.8) is 0 Å². The Balaban J connectivity index is 3.33. The first-order valence-electron chi connectivity index (χ1n) is 6.04. The van der Waals surface area contributed by atoms with Gasteiger partial charge in [0.05, 0.1) is 16.9 Å². The molecule has 1 aromatic rings. The van der Waals surface area contributed by atoms with Gasteiger partial charge in [-0.1, -0.05) is 0 Å². The smallest absolute Gasteiger partial charge is 0.384 e. The quantitative estimate of drug-likeness (QED) is 0.911. The highest BCUT2D eigenvalue weighted by molar-refractivity contribution is 5.95. The lowest BCUT2D eigenvalue weighted by molar-refractivity contribution is -0.137. The van der Waals surface area contributed by atoms with Crippen molar-refractivity contribution in [1.82, 2.24) is 0 Å². The lowest BCUT2D eigenvalue weighted by Crippen LogP contribution is -2.29. The zero-order chi connectivity index (χ0) is 14.6. The fraction of sp³-hybridized carbons (Fsp3) is 0.462. The average Bonchev–Trinajstić information content (AvgIpc) is 2.30. The van der Waals surface area contributed by atoms with Gasteiger partial charge in [-0.25, -0.2) is 0 Å². The first kappa shape index (κ1) is 15.3. The fourth-order valence-corrected chi connectivity index (χ4v) is 1.83. The van der Waals surface area contributed by atoms with Crippen LogP contribution in [0, 0.1) is 0 Å². The van der Waals surface area contributed by atoms with Crippen LogP contribution in [0.25, 0.3) is 0 Å². The van der Waals surface area contributed by atoms with Crippen LogP contribution in [0.2, 0.25) is 0 Å². The maximum absolute atomic E-state index is 12.7. The topological polar surface area (TPSA) is 32.3 Å². The highest BCUT2D eigenvalue weighted by atomic mass is 19.4. The van der Waals surface area contributed by atoms with Crippen molar-refractivity contribution in [2.45, 2.75) is 26.9 Å². The van der Waals surface area contributed by atoms with Crippen molar-refractivity contribution in [3.05, 3.63) is 23.8 Å². The third kappa shape index (κ3) is 3.62. The zero-order valence-corrected chi connectivity index (χ0v) is 11.1. The minimum atomic E-state index is -4.42. The van der Waals surface area contributed by atoms with Gasteiger partial charge in [0, 0.05) is 20.0 Å². The Hall–Kier alpha value is -1.72. The molecular formula is C13H17F3N2O. The second kappa shape index (κ2) is 5.95. The Kier molecular flexibility index (Phi) is 4.80. The standard InChI is InChI=1S/C13H17F3N2O/c1-4-17-11-7-6-10(13(14,15)16)8-12(11)18(5-2)9(3)19/h6-8,17H,4-5H2,1-3H3. The molecule has 0 aliphatic rings. The Labute approximate surface area is 110 Å². The number of halogens is 3. The molecule has 0 aliphatic heterocycles. The van der Waals surface area contributed by atoms with E-state index in [4.69, 9.17) is 0 Å². The van der Waals surface area contributed by atoms with Crippen LogP contribution >= 0.6 is 0 Å². The lowest BCUT2D eigenvalue weighted by Gasteiger charge is -2.24. The summed E-state index contributed by atoms with van der Waals surface area (Å²) in [5.41, 5.74) is 0.0167. The van der Waals surface area contributed by atoms with Crippen molar-refractivity contribution < 1.29 is 18.0 Å². The van der Waals surface area contributed by atoms with Crippen molar-refractivity contribution in [1.29, 1.82) is 0 Å². The normalized spacial score (nSPS) is 11.3. The molecular weight excluding hydrogens is 257 g/mol. The maximum Gasteiger partial charge on any atom is 0.416 e. The monoisotopic (exact) mass is 274 g/mol. The summed E-state index contributed by atoms with van der Waals surface area (Å²) in [5.74, 6) is -0.291. The average molecular weight is 274 g/mol. The van der Waals surface area contributed by atoms with E-state index in [1.807, 2.05) is 6.92 Å². The molecule has 0 radical (unpaired) electrons. The number of carbonyl (C=O) groups excluding carboxylic acids is 1. The minimum Gasteiger partial charge on any atom is -0.384 e. The van der Waals surface area contributed by atoms with E-state index in [0.717, 1.165) is 12.1 Å². The number of amides is 1. The summed E-state index contributed by atoms with van der Waals surface area (Å²) >= 11 is 0. The number of hydrogen-bond acceptors (Lipinski definition) is 2. The number of benzene rings is 1. The summed E-state index contributed by atoms with van der Waals surface area (Å²) in [7, 11) is 0. The Bertz CT molecular complexity index is 458. The van der Waals surface area contributed by atoms with E-state index in [0.29, 0.717) is 18.8 Å². The SMILES string of the molecule is CCNc1ccc(C(F)(F)F)cc1N(CC)C(C)=O. The number of nitrogens with zero attached hydrogens (tertiary/aromatic N) is 1. The molecule has 0 saturated carbocycles. The van der Waals surface area contributed by atoms with Gasteiger partial charge in [0.25, 0.3) is 0 Å². The summed E-state index contributed by atoms with van der Waals surface area (Å²) in [5, 5.41) is 2.96. The van der Waals surface area contributed by atoms with Crippen LogP contribution in [0.4, 0.5) is 24.5 Å². The number of hydrogen-bond donors (Lipinski definition) is 1. The van der Waals surface area contributed by atoms with Crippen molar-refractivity contribution in [2.75, 3.05) is 23.3 Å². The number of rotatable bonds is 4. The van der Waals surface area contributed by atoms with Crippen LogP contribution in [-0.2, 0) is 11.0 Å². The van der Waals surface area contributed by atoms with Gasteiger partial charge in [-0.15, -0.1) is 0 Å². The molecule has 1 aromatic carbocycles. The van der Waals surface area contributed by atoms with Gasteiger partial charge in [0.1, 0.15) is 0 Å². The first-order valence-corrected chi connectivity index (χ1v) is 6.04. The van der Waals surface area contributed by atoms with E-state index in [9.17, 15) is 18.0 Å². The summed E-state index contributed by atoms with van der Waals surface area (Å²) in [4.78, 5) is 12.8. The van der Waals surface area contributed by atoms with Crippen LogP contribution in [0.3, 0.4) is 0 Å². The van der Waals surface area contributed by atoms with Crippen LogP contribution < -0.4 is 10.2 Å². The predicted octanol–water partition coefficient (Wildman–Crippen LogP) is 3.51. The Morgan fingerprint density at radius 3 is 2.37 bits per heavy atom. The third-order valence-electron chi connectivity index (χ3n) is 2.68. The van der Waals surface area contributed by atoms with Gasteiger partial charge in [0.15, 0.2) is 0 Å². The third-order valence-corrected chi connectivity index (χ3v) is 2.68. The molecule has 1 N–H and O–H groups in total. The molecule has 0 bridgehead atoms. The van der Waals surface area contributed by atoms with Gasteiger partial charge in [0.2, 0.25) is 5.91 Å². The summed E-state index contributed by atoms with van der Waals surface area (Å²) in [6.07, 6.45) is -4.42.